The molecule has 1 fully saturated rings. The molecule has 0 aliphatic carbocycles. The van der Waals surface area contributed by atoms with E-state index in [1.54, 1.807) is 19.2 Å². The zero-order valence-electron chi connectivity index (χ0n) is 22.6. The second-order valence-corrected chi connectivity index (χ2v) is 10.8. The van der Waals surface area contributed by atoms with Crippen LogP contribution in [-0.2, 0) is 0 Å². The van der Waals surface area contributed by atoms with Gasteiger partial charge in [-0.1, -0.05) is 19.9 Å². The normalized spacial score (nSPS) is 18.6. The van der Waals surface area contributed by atoms with Crippen LogP contribution in [0.5, 0.6) is 11.5 Å². The molecule has 2 aliphatic heterocycles. The lowest BCUT2D eigenvalue weighted by Crippen LogP contribution is -2.59. The fraction of sp³-hybridized carbons (Fsp3) is 0.333. The van der Waals surface area contributed by atoms with E-state index in [0.29, 0.717) is 35.7 Å². The molecule has 1 saturated heterocycles. The van der Waals surface area contributed by atoms with Crippen molar-refractivity contribution in [3.8, 4) is 28.3 Å². The number of pyridine rings is 2. The lowest BCUT2D eigenvalue weighted by molar-refractivity contribution is 0.233. The molecular formula is C30H29F3N4O3. The highest BCUT2D eigenvalue weighted by molar-refractivity contribution is 6.00. The number of phenols is 1. The molecule has 2 aromatic heterocycles. The molecule has 0 spiro atoms. The quantitative estimate of drug-likeness (QED) is 0.367. The van der Waals surface area contributed by atoms with E-state index in [9.17, 15) is 14.3 Å². The highest BCUT2D eigenvalue weighted by Crippen LogP contribution is 2.45. The maximum Gasteiger partial charge on any atom is 0.300 e. The lowest BCUT2D eigenvalue weighted by atomic mass is 9.96. The number of benzene rings is 2. The summed E-state index contributed by atoms with van der Waals surface area (Å²) in [5, 5.41) is 13.9. The molecule has 208 valence electrons. The second kappa shape index (κ2) is 9.55. The van der Waals surface area contributed by atoms with Crippen LogP contribution in [0.15, 0.2) is 41.3 Å². The van der Waals surface area contributed by atoms with Crippen LogP contribution in [0.1, 0.15) is 37.9 Å². The zero-order chi connectivity index (χ0) is 28.5. The molecule has 0 amide bonds. The maximum absolute atomic E-state index is 16.9. The molecule has 2 aliphatic rings. The average molecular weight is 551 g/mol. The number of piperazine rings is 1. The number of aromatic nitrogens is 2. The fourth-order valence-electron chi connectivity index (χ4n) is 5.90. The molecule has 40 heavy (non-hydrogen) atoms. The molecule has 2 atom stereocenters. The van der Waals surface area contributed by atoms with Crippen LogP contribution in [0.3, 0.4) is 0 Å². The van der Waals surface area contributed by atoms with Gasteiger partial charge in [-0.25, -0.2) is 13.2 Å². The topological polar surface area (TPSA) is 79.6 Å². The van der Waals surface area contributed by atoms with Gasteiger partial charge in [0, 0.05) is 30.7 Å². The van der Waals surface area contributed by atoms with E-state index in [1.165, 1.54) is 10.6 Å². The number of anilines is 1. The predicted molar refractivity (Wildman–Crippen MR) is 147 cm³/mol. The van der Waals surface area contributed by atoms with Crippen LogP contribution in [0.4, 0.5) is 18.9 Å². The van der Waals surface area contributed by atoms with Gasteiger partial charge in [-0.15, -0.1) is 0 Å². The Morgan fingerprint density at radius 1 is 1.12 bits per heavy atom. The van der Waals surface area contributed by atoms with E-state index in [2.05, 4.69) is 10.3 Å². The molecule has 7 nitrogen and oxygen atoms in total. The van der Waals surface area contributed by atoms with Crippen LogP contribution in [-0.4, -0.2) is 46.4 Å². The number of aromatic hydroxyl groups is 1. The van der Waals surface area contributed by atoms with Gasteiger partial charge in [0.2, 0.25) is 5.75 Å². The van der Waals surface area contributed by atoms with Gasteiger partial charge in [-0.3, -0.25) is 14.3 Å². The van der Waals surface area contributed by atoms with Gasteiger partial charge < -0.3 is 20.1 Å². The zero-order valence-corrected chi connectivity index (χ0v) is 22.6. The number of hydrogen-bond donors (Lipinski definition) is 2. The van der Waals surface area contributed by atoms with Gasteiger partial charge in [0.15, 0.2) is 5.82 Å². The number of phenolic OH excluding ortho intramolecular Hbond substituents is 1. The van der Waals surface area contributed by atoms with E-state index < -0.39 is 39.9 Å². The number of fused-ring (bicyclic) bond motifs is 5. The summed E-state index contributed by atoms with van der Waals surface area (Å²) >= 11 is 0. The molecular weight excluding hydrogens is 521 g/mol. The minimum absolute atomic E-state index is 0.00361. The van der Waals surface area contributed by atoms with Gasteiger partial charge in [-0.05, 0) is 49.6 Å². The summed E-state index contributed by atoms with van der Waals surface area (Å²) in [6.07, 6.45) is 1.61. The first-order valence-electron chi connectivity index (χ1n) is 13.3. The highest BCUT2D eigenvalue weighted by atomic mass is 19.1. The Kier molecular flexibility index (Phi) is 6.25. The summed E-state index contributed by atoms with van der Waals surface area (Å²) in [7, 11) is 0. The third kappa shape index (κ3) is 3.84. The average Bonchev–Trinajstić information content (AvgIpc) is 2.90. The van der Waals surface area contributed by atoms with Crippen molar-refractivity contribution in [1.29, 1.82) is 0 Å². The van der Waals surface area contributed by atoms with Crippen molar-refractivity contribution in [2.24, 2.45) is 0 Å². The number of rotatable bonds is 3. The third-order valence-corrected chi connectivity index (χ3v) is 7.77. The molecule has 10 heteroatoms. The Hall–Kier alpha value is -4.05. The van der Waals surface area contributed by atoms with Crippen molar-refractivity contribution in [2.45, 2.75) is 45.7 Å². The molecule has 0 radical (unpaired) electrons. The molecule has 4 aromatic rings. The maximum atomic E-state index is 16.9. The summed E-state index contributed by atoms with van der Waals surface area (Å²) in [4.78, 5) is 20.8. The molecule has 0 bridgehead atoms. The van der Waals surface area contributed by atoms with Gasteiger partial charge in [0.25, 0.3) is 5.56 Å². The van der Waals surface area contributed by atoms with Crippen molar-refractivity contribution < 1.29 is 23.0 Å². The Bertz CT molecular complexity index is 1720. The molecule has 0 saturated carbocycles. The van der Waals surface area contributed by atoms with Gasteiger partial charge in [-0.2, -0.15) is 0 Å². The largest absolute Gasteiger partial charge is 0.507 e. The van der Waals surface area contributed by atoms with Gasteiger partial charge >= 0.3 is 0 Å². The molecule has 0 unspecified atom stereocenters. The minimum Gasteiger partial charge on any atom is -0.507 e. The Morgan fingerprint density at radius 3 is 2.62 bits per heavy atom. The smallest absolute Gasteiger partial charge is 0.300 e. The predicted octanol–water partition coefficient (Wildman–Crippen LogP) is 5.17. The minimum atomic E-state index is -1.17. The Balaban J connectivity index is 1.82. The standard InChI is InChI=1S/C30H29F3N4O3/c1-14(2)25-26(15(3)8-9-34-25)37-27-18(10-20(32)23(24(27)33)22-19(31)6-5-7-21(22)38)28-29(30(37)39)40-13-17-11-35-16(4)12-36(17)28/h5-10,14,16-17,35,38H,11-13H2,1-4H3/t16-,17-/m1/s1. The molecule has 2 N–H and O–H groups in total. The Labute approximate surface area is 228 Å². The number of nitrogens with one attached hydrogen (secondary N) is 1. The van der Waals surface area contributed by atoms with Gasteiger partial charge in [0.1, 0.15) is 24.0 Å². The number of ether oxygens (including phenoxy) is 1. The summed E-state index contributed by atoms with van der Waals surface area (Å²) in [6.45, 7) is 8.85. The fourth-order valence-corrected chi connectivity index (χ4v) is 5.90. The van der Waals surface area contributed by atoms with E-state index in [0.717, 1.165) is 18.2 Å². The first-order chi connectivity index (χ1) is 19.1. The van der Waals surface area contributed by atoms with Crippen molar-refractivity contribution >= 4 is 16.6 Å². The highest BCUT2D eigenvalue weighted by Gasteiger charge is 2.38. The first kappa shape index (κ1) is 26.2. The number of halogens is 3. The summed E-state index contributed by atoms with van der Waals surface area (Å²) in [5.41, 5.74) is -0.411. The van der Waals surface area contributed by atoms with Crippen molar-refractivity contribution in [2.75, 3.05) is 24.6 Å². The summed E-state index contributed by atoms with van der Waals surface area (Å²) in [5.74, 6) is -4.01. The first-order valence-corrected chi connectivity index (χ1v) is 13.3. The summed E-state index contributed by atoms with van der Waals surface area (Å²) in [6, 6.07) is 6.12. The van der Waals surface area contributed by atoms with E-state index in [4.69, 9.17) is 4.74 Å². The van der Waals surface area contributed by atoms with Crippen LogP contribution < -0.4 is 20.5 Å². The lowest BCUT2D eigenvalue weighted by Gasteiger charge is -2.44. The van der Waals surface area contributed by atoms with Gasteiger partial charge in [0.05, 0.1) is 39.8 Å². The molecule has 4 heterocycles. The van der Waals surface area contributed by atoms with Crippen LogP contribution >= 0.6 is 0 Å². The molecule has 2 aromatic carbocycles. The van der Waals surface area contributed by atoms with Crippen LogP contribution in [0, 0.1) is 24.4 Å². The SMILES string of the molecule is Cc1ccnc(C(C)C)c1-n1c(=O)c2c(c3cc(F)c(-c4c(O)cccc4F)c(F)c31)N1C[C@@H](C)NC[C@@H]1CO2. The van der Waals surface area contributed by atoms with E-state index in [-0.39, 0.29) is 41.3 Å². The molecule has 6 rings (SSSR count). The van der Waals surface area contributed by atoms with E-state index >= 15 is 8.78 Å². The number of nitrogens with zero attached hydrogens (tertiary/aromatic N) is 3. The number of hydrogen-bond acceptors (Lipinski definition) is 6. The monoisotopic (exact) mass is 550 g/mol. The van der Waals surface area contributed by atoms with Crippen molar-refractivity contribution in [3.63, 3.8) is 0 Å². The Morgan fingerprint density at radius 2 is 1.90 bits per heavy atom. The van der Waals surface area contributed by atoms with E-state index in [1.807, 2.05) is 25.7 Å². The van der Waals surface area contributed by atoms with Crippen LogP contribution in [0.25, 0.3) is 27.7 Å². The third-order valence-electron chi connectivity index (χ3n) is 7.77. The summed E-state index contributed by atoms with van der Waals surface area (Å²) < 4.78 is 55.0. The van der Waals surface area contributed by atoms with Crippen molar-refractivity contribution in [3.05, 3.63) is 75.6 Å². The second-order valence-electron chi connectivity index (χ2n) is 10.8. The van der Waals surface area contributed by atoms with Crippen LogP contribution in [0.2, 0.25) is 0 Å². The number of aryl methyl sites for hydroxylation is 1. The van der Waals surface area contributed by atoms with Crippen molar-refractivity contribution in [1.82, 2.24) is 14.9 Å².